The first kappa shape index (κ1) is 13.5. The molecule has 1 saturated heterocycles. The van der Waals surface area contributed by atoms with Gasteiger partial charge in [0, 0.05) is 12.0 Å². The number of carbonyl (C=O) groups is 1. The number of aliphatic carboxylic acids is 1. The second-order valence-electron chi connectivity index (χ2n) is 5.43. The summed E-state index contributed by atoms with van der Waals surface area (Å²) in [6.07, 6.45) is 2.27. The molecule has 0 spiro atoms. The summed E-state index contributed by atoms with van der Waals surface area (Å²) in [7, 11) is 0. The predicted molar refractivity (Wildman–Crippen MR) is 68.1 cm³/mol. The topological polar surface area (TPSA) is 88.7 Å². The third-order valence-corrected chi connectivity index (χ3v) is 4.01. The minimum Gasteiger partial charge on any atom is -0.481 e. The molecule has 0 amide bonds. The van der Waals surface area contributed by atoms with Crippen LogP contribution in [0.25, 0.3) is 0 Å². The molecular weight excluding hydrogens is 262 g/mol. The van der Waals surface area contributed by atoms with E-state index < -0.39 is 11.9 Å². The van der Waals surface area contributed by atoms with Gasteiger partial charge in [-0.2, -0.15) is 4.98 Å². The summed E-state index contributed by atoms with van der Waals surface area (Å²) >= 11 is 0. The average Bonchev–Trinajstić information content (AvgIpc) is 2.99. The molecule has 1 aromatic heterocycles. The lowest BCUT2D eigenvalue weighted by Crippen LogP contribution is -2.42. The number of rotatable bonds is 6. The molecule has 2 atom stereocenters. The molecule has 1 saturated carbocycles. The SMILES string of the molecule is CCN(Cc1nc(C2CC2)no1)C1COCC1C(=O)O. The molecule has 2 heterocycles. The monoisotopic (exact) mass is 281 g/mol. The summed E-state index contributed by atoms with van der Waals surface area (Å²) in [6.45, 7) is 3.91. The maximum absolute atomic E-state index is 11.2. The van der Waals surface area contributed by atoms with Crippen LogP contribution in [0.15, 0.2) is 4.52 Å². The Kier molecular flexibility index (Phi) is 3.71. The van der Waals surface area contributed by atoms with E-state index in [1.165, 1.54) is 0 Å². The van der Waals surface area contributed by atoms with Gasteiger partial charge < -0.3 is 14.4 Å². The smallest absolute Gasteiger partial charge is 0.310 e. The van der Waals surface area contributed by atoms with Crippen molar-refractivity contribution in [2.45, 2.75) is 38.3 Å². The molecule has 1 aromatic rings. The van der Waals surface area contributed by atoms with Crippen molar-refractivity contribution in [1.82, 2.24) is 15.0 Å². The van der Waals surface area contributed by atoms with Crippen LogP contribution in [-0.4, -0.2) is 51.9 Å². The quantitative estimate of drug-likeness (QED) is 0.827. The fraction of sp³-hybridized carbons (Fsp3) is 0.769. The first-order chi connectivity index (χ1) is 9.69. The van der Waals surface area contributed by atoms with Gasteiger partial charge in [0.05, 0.1) is 25.7 Å². The molecule has 1 aliphatic carbocycles. The minimum absolute atomic E-state index is 0.131. The third kappa shape index (κ3) is 2.69. The molecule has 0 radical (unpaired) electrons. The Morgan fingerprint density at radius 2 is 2.25 bits per heavy atom. The zero-order valence-electron chi connectivity index (χ0n) is 11.5. The summed E-state index contributed by atoms with van der Waals surface area (Å²) in [5, 5.41) is 13.2. The number of carboxylic acids is 1. The van der Waals surface area contributed by atoms with E-state index in [0.29, 0.717) is 25.0 Å². The first-order valence-corrected chi connectivity index (χ1v) is 7.06. The largest absolute Gasteiger partial charge is 0.481 e. The van der Waals surface area contributed by atoms with Crippen LogP contribution in [0.3, 0.4) is 0 Å². The highest BCUT2D eigenvalue weighted by Crippen LogP contribution is 2.38. The third-order valence-electron chi connectivity index (χ3n) is 4.01. The molecular formula is C13H19N3O4. The van der Waals surface area contributed by atoms with E-state index in [-0.39, 0.29) is 12.6 Å². The molecule has 1 N–H and O–H groups in total. The van der Waals surface area contributed by atoms with Crippen molar-refractivity contribution in [3.63, 3.8) is 0 Å². The van der Waals surface area contributed by atoms with E-state index in [9.17, 15) is 9.90 Å². The zero-order chi connectivity index (χ0) is 14.1. The van der Waals surface area contributed by atoms with Crippen molar-refractivity contribution in [2.75, 3.05) is 19.8 Å². The van der Waals surface area contributed by atoms with Crippen LogP contribution in [0.1, 0.15) is 37.4 Å². The van der Waals surface area contributed by atoms with Gasteiger partial charge in [0.1, 0.15) is 0 Å². The maximum atomic E-state index is 11.2. The summed E-state index contributed by atoms with van der Waals surface area (Å²) in [5.41, 5.74) is 0. The van der Waals surface area contributed by atoms with E-state index >= 15 is 0 Å². The Balaban J connectivity index is 1.67. The van der Waals surface area contributed by atoms with E-state index in [0.717, 1.165) is 25.2 Å². The van der Waals surface area contributed by atoms with Crippen molar-refractivity contribution in [3.05, 3.63) is 11.7 Å². The first-order valence-electron chi connectivity index (χ1n) is 7.06. The lowest BCUT2D eigenvalue weighted by atomic mass is 10.0. The van der Waals surface area contributed by atoms with Gasteiger partial charge in [-0.15, -0.1) is 0 Å². The Labute approximate surface area is 116 Å². The van der Waals surface area contributed by atoms with E-state index in [4.69, 9.17) is 9.26 Å². The molecule has 1 aliphatic heterocycles. The van der Waals surface area contributed by atoms with E-state index in [1.807, 2.05) is 11.8 Å². The van der Waals surface area contributed by atoms with Crippen LogP contribution in [0.2, 0.25) is 0 Å². The number of nitrogens with zero attached hydrogens (tertiary/aromatic N) is 3. The second kappa shape index (κ2) is 5.49. The maximum Gasteiger partial charge on any atom is 0.310 e. The highest BCUT2D eigenvalue weighted by Gasteiger charge is 2.38. The number of likely N-dealkylation sites (N-methyl/N-ethyl adjacent to an activating group) is 1. The molecule has 20 heavy (non-hydrogen) atoms. The molecule has 110 valence electrons. The van der Waals surface area contributed by atoms with Crippen LogP contribution in [0, 0.1) is 5.92 Å². The summed E-state index contributed by atoms with van der Waals surface area (Å²) in [4.78, 5) is 17.7. The van der Waals surface area contributed by atoms with Gasteiger partial charge >= 0.3 is 5.97 Å². The molecule has 2 aliphatic rings. The van der Waals surface area contributed by atoms with Gasteiger partial charge in [0.25, 0.3) is 0 Å². The van der Waals surface area contributed by atoms with Gasteiger partial charge in [-0.05, 0) is 19.4 Å². The number of hydrogen-bond acceptors (Lipinski definition) is 6. The number of ether oxygens (including phenoxy) is 1. The van der Waals surface area contributed by atoms with Crippen LogP contribution in [0.4, 0.5) is 0 Å². The number of hydrogen-bond donors (Lipinski definition) is 1. The Hall–Kier alpha value is -1.47. The molecule has 2 unspecified atom stereocenters. The van der Waals surface area contributed by atoms with Gasteiger partial charge in [-0.3, -0.25) is 9.69 Å². The minimum atomic E-state index is -0.810. The molecule has 7 heteroatoms. The average molecular weight is 281 g/mol. The Morgan fingerprint density at radius 3 is 2.90 bits per heavy atom. The van der Waals surface area contributed by atoms with Crippen LogP contribution < -0.4 is 0 Å². The van der Waals surface area contributed by atoms with Crippen molar-refractivity contribution in [3.8, 4) is 0 Å². The highest BCUT2D eigenvalue weighted by molar-refractivity contribution is 5.71. The van der Waals surface area contributed by atoms with Gasteiger partial charge in [-0.1, -0.05) is 12.1 Å². The lowest BCUT2D eigenvalue weighted by Gasteiger charge is -2.27. The van der Waals surface area contributed by atoms with Crippen LogP contribution in [-0.2, 0) is 16.1 Å². The predicted octanol–water partition coefficient (Wildman–Crippen LogP) is 0.869. The van der Waals surface area contributed by atoms with Crippen LogP contribution >= 0.6 is 0 Å². The number of aromatic nitrogens is 2. The van der Waals surface area contributed by atoms with Crippen molar-refractivity contribution >= 4 is 5.97 Å². The highest BCUT2D eigenvalue weighted by atomic mass is 16.5. The van der Waals surface area contributed by atoms with Crippen molar-refractivity contribution < 1.29 is 19.2 Å². The lowest BCUT2D eigenvalue weighted by molar-refractivity contribution is -0.143. The fourth-order valence-electron chi connectivity index (χ4n) is 2.62. The van der Waals surface area contributed by atoms with Crippen LogP contribution in [0.5, 0.6) is 0 Å². The Morgan fingerprint density at radius 1 is 1.45 bits per heavy atom. The normalized spacial score (nSPS) is 26.3. The Bertz CT molecular complexity index is 486. The molecule has 0 aromatic carbocycles. The van der Waals surface area contributed by atoms with E-state index in [1.54, 1.807) is 0 Å². The van der Waals surface area contributed by atoms with Crippen molar-refractivity contribution in [2.24, 2.45) is 5.92 Å². The fourth-order valence-corrected chi connectivity index (χ4v) is 2.62. The standard InChI is InChI=1S/C13H19N3O4/c1-2-16(10-7-19-6-9(10)13(17)18)5-11-14-12(15-20-11)8-3-4-8/h8-10H,2-7H2,1H3,(H,17,18). The molecule has 2 fully saturated rings. The summed E-state index contributed by atoms with van der Waals surface area (Å²) in [5.74, 6) is 0.512. The van der Waals surface area contributed by atoms with E-state index in [2.05, 4.69) is 10.1 Å². The molecule has 3 rings (SSSR count). The summed E-state index contributed by atoms with van der Waals surface area (Å²) < 4.78 is 10.6. The van der Waals surface area contributed by atoms with Gasteiger partial charge in [0.15, 0.2) is 5.82 Å². The second-order valence-corrected chi connectivity index (χ2v) is 5.43. The number of carboxylic acid groups (broad SMARTS) is 1. The van der Waals surface area contributed by atoms with Gasteiger partial charge in [-0.25, -0.2) is 0 Å². The molecule has 0 bridgehead atoms. The summed E-state index contributed by atoms with van der Waals surface area (Å²) in [6, 6.07) is -0.131. The van der Waals surface area contributed by atoms with Crippen molar-refractivity contribution in [1.29, 1.82) is 0 Å². The van der Waals surface area contributed by atoms with Gasteiger partial charge in [0.2, 0.25) is 5.89 Å². The zero-order valence-corrected chi connectivity index (χ0v) is 11.5. The molecule has 7 nitrogen and oxygen atoms in total.